The molecule has 5 rings (SSSR count). The molecule has 13 heteroatoms. The van der Waals surface area contributed by atoms with Crippen molar-refractivity contribution in [2.75, 3.05) is 18.2 Å². The number of likely N-dealkylation sites (tertiary alicyclic amines) is 1. The molecule has 0 aliphatic carbocycles. The van der Waals surface area contributed by atoms with Crippen LogP contribution in [-0.2, 0) is 14.4 Å². The lowest BCUT2D eigenvalue weighted by atomic mass is 10.0. The maximum atomic E-state index is 12.9. The number of halogens is 3. The van der Waals surface area contributed by atoms with Crippen LogP contribution >= 0.6 is 11.3 Å². The van der Waals surface area contributed by atoms with Crippen LogP contribution in [0.5, 0.6) is 0 Å². The zero-order valence-corrected chi connectivity index (χ0v) is 21.5. The van der Waals surface area contributed by atoms with Crippen molar-refractivity contribution in [3.63, 3.8) is 0 Å². The van der Waals surface area contributed by atoms with E-state index in [1.165, 1.54) is 29.5 Å². The van der Waals surface area contributed by atoms with Crippen LogP contribution in [0.4, 0.5) is 18.9 Å². The third kappa shape index (κ3) is 5.49. The summed E-state index contributed by atoms with van der Waals surface area (Å²) in [4.78, 5) is 55.9. The van der Waals surface area contributed by atoms with Gasteiger partial charge in [0.15, 0.2) is 0 Å². The summed E-state index contributed by atoms with van der Waals surface area (Å²) in [5.74, 6) is -3.05. The minimum absolute atomic E-state index is 0.00732. The monoisotopic (exact) mass is 562 g/mol. The lowest BCUT2D eigenvalue weighted by Gasteiger charge is -2.37. The Morgan fingerprint density at radius 2 is 1.72 bits per heavy atom. The molecule has 2 amide bonds. The average molecular weight is 563 g/mol. The number of hydroxylamine groups is 1. The molecule has 1 N–H and O–H groups in total. The second-order valence-corrected chi connectivity index (χ2v) is 10.4. The van der Waals surface area contributed by atoms with Gasteiger partial charge in [0.1, 0.15) is 6.17 Å². The molecular weight excluding hydrogens is 537 g/mol. The largest absolute Gasteiger partial charge is 0.493 e. The van der Waals surface area contributed by atoms with Crippen molar-refractivity contribution < 1.29 is 32.4 Å². The number of para-hydroxylation sites is 2. The van der Waals surface area contributed by atoms with Gasteiger partial charge in [0.25, 0.3) is 5.91 Å². The number of carbonyl (C=O) groups excluding carboxylic acids is 3. The zero-order chi connectivity index (χ0) is 27.7. The van der Waals surface area contributed by atoms with Crippen LogP contribution in [0.15, 0.2) is 53.3 Å². The van der Waals surface area contributed by atoms with Gasteiger partial charge in [0.2, 0.25) is 5.91 Å². The number of rotatable bonds is 6. The summed E-state index contributed by atoms with van der Waals surface area (Å²) in [5, 5.41) is 3.32. The van der Waals surface area contributed by atoms with Crippen molar-refractivity contribution >= 4 is 45.0 Å². The molecule has 2 aromatic carbocycles. The summed E-state index contributed by atoms with van der Waals surface area (Å²) in [6.45, 7) is 0.950. The molecule has 1 fully saturated rings. The van der Waals surface area contributed by atoms with E-state index in [9.17, 15) is 32.3 Å². The Kier molecular flexibility index (Phi) is 7.34. The van der Waals surface area contributed by atoms with E-state index in [2.05, 4.69) is 10.2 Å². The number of thiazole rings is 1. The molecule has 2 aliphatic rings. The summed E-state index contributed by atoms with van der Waals surface area (Å²) in [7, 11) is 0. The van der Waals surface area contributed by atoms with Gasteiger partial charge in [-0.3, -0.25) is 19.0 Å². The molecule has 0 spiro atoms. The fraction of sp³-hybridized carbons (Fsp3) is 0.385. The fourth-order valence-electron chi connectivity index (χ4n) is 5.06. The topological polar surface area (TPSA) is 101 Å². The van der Waals surface area contributed by atoms with Crippen LogP contribution < -0.4 is 15.3 Å². The Labute approximate surface area is 224 Å². The number of amides is 2. The first-order valence-corrected chi connectivity index (χ1v) is 13.3. The fourth-order valence-corrected chi connectivity index (χ4v) is 6.02. The van der Waals surface area contributed by atoms with Gasteiger partial charge in [-0.1, -0.05) is 35.6 Å². The second kappa shape index (κ2) is 10.7. The van der Waals surface area contributed by atoms with E-state index >= 15 is 0 Å². The Bertz CT molecular complexity index is 1460. The highest BCUT2D eigenvalue weighted by Gasteiger charge is 2.45. The van der Waals surface area contributed by atoms with E-state index in [-0.39, 0.29) is 47.3 Å². The molecule has 1 aromatic heterocycles. The van der Waals surface area contributed by atoms with E-state index in [4.69, 9.17) is 0 Å². The summed E-state index contributed by atoms with van der Waals surface area (Å²) in [6.07, 6.45) is -4.63. The van der Waals surface area contributed by atoms with Crippen LogP contribution in [0, 0.1) is 0 Å². The van der Waals surface area contributed by atoms with Gasteiger partial charge in [-0.15, -0.1) is 0 Å². The zero-order valence-electron chi connectivity index (χ0n) is 20.6. The number of carbonyl (C=O) groups is 3. The number of alkyl halides is 3. The molecule has 9 nitrogen and oxygen atoms in total. The predicted molar refractivity (Wildman–Crippen MR) is 137 cm³/mol. The smallest absolute Gasteiger partial charge is 0.343 e. The first kappa shape index (κ1) is 26.7. The number of nitrogens with one attached hydrogen (secondary N) is 1. The van der Waals surface area contributed by atoms with Gasteiger partial charge in [-0.25, -0.2) is 4.79 Å². The molecule has 3 heterocycles. The number of nitrogens with zero attached hydrogens (tertiary/aromatic N) is 3. The molecule has 0 saturated carbocycles. The number of anilines is 1. The number of hydrogen-bond donors (Lipinski definition) is 1. The lowest BCUT2D eigenvalue weighted by molar-refractivity contribution is -0.202. The van der Waals surface area contributed by atoms with E-state index in [0.717, 1.165) is 15.3 Å². The van der Waals surface area contributed by atoms with Gasteiger partial charge in [-0.2, -0.15) is 18.2 Å². The van der Waals surface area contributed by atoms with Crippen LogP contribution in [-0.4, -0.2) is 52.7 Å². The molecule has 0 radical (unpaired) electrons. The molecule has 0 bridgehead atoms. The van der Waals surface area contributed by atoms with Crippen molar-refractivity contribution in [2.24, 2.45) is 0 Å². The Morgan fingerprint density at radius 3 is 2.46 bits per heavy atom. The minimum atomic E-state index is -5.22. The highest BCUT2D eigenvalue weighted by molar-refractivity contribution is 7.16. The molecule has 1 atom stereocenters. The summed E-state index contributed by atoms with van der Waals surface area (Å²) in [5.41, 5.74) is 0.998. The Morgan fingerprint density at radius 1 is 1.03 bits per heavy atom. The van der Waals surface area contributed by atoms with E-state index in [1.807, 2.05) is 28.8 Å². The molecule has 1 unspecified atom stereocenters. The van der Waals surface area contributed by atoms with Gasteiger partial charge < -0.3 is 15.1 Å². The number of piperidine rings is 1. The number of benzene rings is 2. The summed E-state index contributed by atoms with van der Waals surface area (Å²) < 4.78 is 41.5. The minimum Gasteiger partial charge on any atom is -0.343 e. The third-order valence-electron chi connectivity index (χ3n) is 6.95. The van der Waals surface area contributed by atoms with E-state index < -0.39 is 24.2 Å². The molecule has 3 aromatic rings. The van der Waals surface area contributed by atoms with Crippen molar-refractivity contribution in [3.05, 3.63) is 63.8 Å². The maximum absolute atomic E-state index is 12.9. The normalized spacial score (nSPS) is 18.1. The predicted octanol–water partition coefficient (Wildman–Crippen LogP) is 3.99. The second-order valence-electron chi connectivity index (χ2n) is 9.42. The number of aromatic nitrogens is 1. The Balaban J connectivity index is 1.19. The van der Waals surface area contributed by atoms with Crippen LogP contribution in [0.3, 0.4) is 0 Å². The lowest BCUT2D eigenvalue weighted by Crippen LogP contribution is -2.54. The maximum Gasteiger partial charge on any atom is 0.493 e. The highest BCUT2D eigenvalue weighted by Crippen LogP contribution is 2.31. The van der Waals surface area contributed by atoms with Gasteiger partial charge in [-0.05, 0) is 49.9 Å². The highest BCUT2D eigenvalue weighted by atomic mass is 32.1. The molecule has 206 valence electrons. The van der Waals surface area contributed by atoms with Gasteiger partial charge >= 0.3 is 17.0 Å². The Hall–Kier alpha value is -3.87. The standard InChI is InChI=1S/C26H25F3N4O5S/c27-26(28,29)24(36)38-33-18-7-2-1-6-17(18)23(35)30-21(33)10-5-11-22(34)31-14-12-16(13-15-31)32-19-8-3-4-9-20(19)39-25(32)37/h1-4,6-9,16,21H,5,10-15H2,(H,30,35). The van der Waals surface area contributed by atoms with Gasteiger partial charge in [0.05, 0.1) is 21.5 Å². The van der Waals surface area contributed by atoms with Crippen molar-refractivity contribution in [3.8, 4) is 0 Å². The summed E-state index contributed by atoms with van der Waals surface area (Å²) >= 11 is 1.20. The summed E-state index contributed by atoms with van der Waals surface area (Å²) in [6, 6.07) is 13.5. The third-order valence-corrected chi connectivity index (χ3v) is 7.89. The van der Waals surface area contributed by atoms with Crippen LogP contribution in [0.1, 0.15) is 48.5 Å². The first-order chi connectivity index (χ1) is 18.6. The van der Waals surface area contributed by atoms with Crippen LogP contribution in [0.2, 0.25) is 0 Å². The SMILES string of the molecule is O=C1NC(CCCC(=O)N2CCC(n3c(=O)sc4ccccc43)CC2)N(OC(=O)C(F)(F)F)c2ccccc21. The average Bonchev–Trinajstić information content (AvgIpc) is 3.25. The quantitative estimate of drug-likeness (QED) is 0.488. The van der Waals surface area contributed by atoms with Crippen molar-refractivity contribution in [2.45, 2.75) is 50.5 Å². The molecule has 2 aliphatic heterocycles. The molecule has 39 heavy (non-hydrogen) atoms. The van der Waals surface area contributed by atoms with Crippen molar-refractivity contribution in [1.82, 2.24) is 14.8 Å². The molecule has 1 saturated heterocycles. The molecular formula is C26H25F3N4O5S. The van der Waals surface area contributed by atoms with E-state index in [1.54, 1.807) is 11.0 Å². The van der Waals surface area contributed by atoms with E-state index in [0.29, 0.717) is 25.9 Å². The van der Waals surface area contributed by atoms with Crippen LogP contribution in [0.25, 0.3) is 10.2 Å². The van der Waals surface area contributed by atoms with Gasteiger partial charge in [0, 0.05) is 25.6 Å². The number of fused-ring (bicyclic) bond motifs is 2. The number of hydrogen-bond acceptors (Lipinski definition) is 7. The van der Waals surface area contributed by atoms with Crippen molar-refractivity contribution in [1.29, 1.82) is 0 Å². The first-order valence-electron chi connectivity index (χ1n) is 12.5.